The summed E-state index contributed by atoms with van der Waals surface area (Å²) in [6.45, 7) is 10.1. The van der Waals surface area contributed by atoms with E-state index in [9.17, 15) is 10.1 Å². The molecule has 0 unspecified atom stereocenters. The fourth-order valence-electron chi connectivity index (χ4n) is 4.08. The Balaban J connectivity index is 1.90. The van der Waals surface area contributed by atoms with Gasteiger partial charge in [-0.05, 0) is 32.3 Å². The van der Waals surface area contributed by atoms with Crippen LogP contribution in [0.1, 0.15) is 56.0 Å². The van der Waals surface area contributed by atoms with Crippen LogP contribution in [-0.2, 0) is 33.7 Å². The first-order valence-electron chi connectivity index (χ1n) is 10.5. The summed E-state index contributed by atoms with van der Waals surface area (Å²) in [6.07, 6.45) is 3.80. The highest BCUT2D eigenvalue weighted by molar-refractivity contribution is 5.71. The molecule has 0 spiro atoms. The Morgan fingerprint density at radius 3 is 2.62 bits per heavy atom. The average molecular weight is 401 g/mol. The van der Waals surface area contributed by atoms with Crippen LogP contribution < -0.4 is 4.90 Å². The van der Waals surface area contributed by atoms with Gasteiger partial charge in [-0.15, -0.1) is 0 Å². The summed E-state index contributed by atoms with van der Waals surface area (Å²) in [6, 6.07) is 2.45. The van der Waals surface area contributed by atoms with Crippen LogP contribution in [0.15, 0.2) is 0 Å². The largest absolute Gasteiger partial charge is 0.468 e. The summed E-state index contributed by atoms with van der Waals surface area (Å²) in [5.41, 5.74) is 3.71. The molecular weight excluding hydrogens is 368 g/mol. The van der Waals surface area contributed by atoms with Gasteiger partial charge in [0, 0.05) is 43.9 Å². The van der Waals surface area contributed by atoms with Crippen LogP contribution in [0.5, 0.6) is 0 Å². The number of anilines is 1. The Kier molecular flexibility index (Phi) is 6.76. The first kappa shape index (κ1) is 21.5. The van der Waals surface area contributed by atoms with Crippen LogP contribution >= 0.6 is 0 Å². The molecule has 7 nitrogen and oxygen atoms in total. The van der Waals surface area contributed by atoms with E-state index in [1.807, 2.05) is 0 Å². The number of esters is 1. The molecule has 0 bridgehead atoms. The zero-order valence-electron chi connectivity index (χ0n) is 18.1. The number of unbranched alkanes of at least 4 members (excludes halogenated alkanes) is 1. The molecule has 1 saturated heterocycles. The normalized spacial score (nSPS) is 18.8. The number of rotatable bonds is 6. The lowest BCUT2D eigenvalue weighted by Crippen LogP contribution is -2.48. The van der Waals surface area contributed by atoms with Crippen molar-refractivity contribution in [1.29, 1.82) is 5.26 Å². The fraction of sp³-hybridized carbons (Fsp3) is 0.682. The monoisotopic (exact) mass is 400 g/mol. The van der Waals surface area contributed by atoms with Crippen molar-refractivity contribution in [3.63, 3.8) is 0 Å². The van der Waals surface area contributed by atoms with Crippen LogP contribution in [0, 0.1) is 11.3 Å². The fourth-order valence-corrected chi connectivity index (χ4v) is 4.08. The molecule has 0 atom stereocenters. The second-order valence-corrected chi connectivity index (χ2v) is 8.49. The van der Waals surface area contributed by atoms with Crippen LogP contribution in [0.4, 0.5) is 5.82 Å². The predicted octanol–water partition coefficient (Wildman–Crippen LogP) is 2.44. The van der Waals surface area contributed by atoms with Gasteiger partial charge in [-0.1, -0.05) is 13.3 Å². The van der Waals surface area contributed by atoms with Crippen molar-refractivity contribution in [1.82, 2.24) is 9.88 Å². The lowest BCUT2D eigenvalue weighted by atomic mass is 9.87. The third kappa shape index (κ3) is 4.88. The molecule has 7 heteroatoms. The molecule has 0 saturated carbocycles. The summed E-state index contributed by atoms with van der Waals surface area (Å²) in [7, 11) is 1.41. The van der Waals surface area contributed by atoms with Crippen LogP contribution in [0.3, 0.4) is 0 Å². The van der Waals surface area contributed by atoms with Gasteiger partial charge >= 0.3 is 5.97 Å². The van der Waals surface area contributed by atoms with Gasteiger partial charge in [0.15, 0.2) is 0 Å². The Bertz CT molecular complexity index is 792. The van der Waals surface area contributed by atoms with Gasteiger partial charge in [0.25, 0.3) is 0 Å². The highest BCUT2D eigenvalue weighted by Crippen LogP contribution is 2.36. The van der Waals surface area contributed by atoms with Crippen LogP contribution in [-0.4, -0.2) is 61.3 Å². The summed E-state index contributed by atoms with van der Waals surface area (Å²) in [5.74, 6) is 0.583. The Morgan fingerprint density at radius 1 is 1.28 bits per heavy atom. The predicted molar refractivity (Wildman–Crippen MR) is 111 cm³/mol. The first-order valence-corrected chi connectivity index (χ1v) is 10.5. The van der Waals surface area contributed by atoms with Crippen molar-refractivity contribution in [2.24, 2.45) is 0 Å². The second-order valence-electron chi connectivity index (χ2n) is 8.49. The molecular formula is C22H32N4O3. The van der Waals surface area contributed by atoms with E-state index < -0.39 is 0 Å². The van der Waals surface area contributed by atoms with Crippen molar-refractivity contribution < 1.29 is 14.3 Å². The SMILES string of the molecule is CCCCc1nc(N2CCN(CC(=O)OC)CC2)c(C#N)c2c1COC(C)(C)C2. The van der Waals surface area contributed by atoms with Crippen molar-refractivity contribution in [3.8, 4) is 6.07 Å². The van der Waals surface area contributed by atoms with Crippen LogP contribution in [0.25, 0.3) is 0 Å². The van der Waals surface area contributed by atoms with E-state index in [0.717, 1.165) is 74.5 Å². The highest BCUT2D eigenvalue weighted by atomic mass is 16.5. The van der Waals surface area contributed by atoms with Gasteiger partial charge in [0.05, 0.1) is 31.4 Å². The van der Waals surface area contributed by atoms with E-state index in [0.29, 0.717) is 18.7 Å². The third-order valence-corrected chi connectivity index (χ3v) is 5.82. The number of pyridine rings is 1. The number of hydrogen-bond acceptors (Lipinski definition) is 7. The third-order valence-electron chi connectivity index (χ3n) is 5.82. The van der Waals surface area contributed by atoms with E-state index in [-0.39, 0.29) is 11.6 Å². The average Bonchev–Trinajstić information content (AvgIpc) is 2.71. The Hall–Kier alpha value is -2.17. The minimum Gasteiger partial charge on any atom is -0.468 e. The number of piperazine rings is 1. The molecule has 29 heavy (non-hydrogen) atoms. The molecule has 0 aromatic carbocycles. The van der Waals surface area contributed by atoms with Crippen molar-refractivity contribution in [2.75, 3.05) is 44.7 Å². The van der Waals surface area contributed by atoms with Gasteiger partial charge in [-0.2, -0.15) is 5.26 Å². The zero-order chi connectivity index (χ0) is 21.0. The first-order chi connectivity index (χ1) is 13.9. The van der Waals surface area contributed by atoms with Crippen molar-refractivity contribution in [3.05, 3.63) is 22.4 Å². The summed E-state index contributed by atoms with van der Waals surface area (Å²) >= 11 is 0. The molecule has 3 heterocycles. The molecule has 1 aromatic rings. The standard InChI is InChI=1S/C22H32N4O3/c1-5-6-7-19-18-15-29-22(2,3)12-16(18)17(13-23)21(24-19)26-10-8-25(9-11-26)14-20(27)28-4/h5-12,14-15H2,1-4H3. The van der Waals surface area contributed by atoms with E-state index in [4.69, 9.17) is 14.5 Å². The van der Waals surface area contributed by atoms with Crippen molar-refractivity contribution >= 4 is 11.8 Å². The summed E-state index contributed by atoms with van der Waals surface area (Å²) in [5, 5.41) is 10.0. The van der Waals surface area contributed by atoms with Gasteiger partial charge in [0.1, 0.15) is 11.9 Å². The molecule has 0 aliphatic carbocycles. The molecule has 1 fully saturated rings. The second kappa shape index (κ2) is 9.10. The lowest BCUT2D eigenvalue weighted by Gasteiger charge is -2.38. The quantitative estimate of drug-likeness (QED) is 0.679. The van der Waals surface area contributed by atoms with E-state index in [2.05, 4.69) is 36.6 Å². The minimum atomic E-state index is -0.279. The number of aryl methyl sites for hydroxylation is 1. The maximum atomic E-state index is 11.6. The number of carbonyl (C=O) groups excluding carboxylic acids is 1. The molecule has 1 aromatic heterocycles. The minimum absolute atomic E-state index is 0.216. The Morgan fingerprint density at radius 2 is 2.00 bits per heavy atom. The number of ether oxygens (including phenoxy) is 2. The summed E-state index contributed by atoms with van der Waals surface area (Å²) < 4.78 is 10.8. The molecule has 3 rings (SSSR count). The number of hydrogen-bond donors (Lipinski definition) is 0. The molecule has 2 aliphatic heterocycles. The highest BCUT2D eigenvalue weighted by Gasteiger charge is 2.33. The van der Waals surface area contributed by atoms with E-state index in [1.165, 1.54) is 7.11 Å². The maximum absolute atomic E-state index is 11.6. The Labute approximate surface area is 173 Å². The van der Waals surface area contributed by atoms with E-state index >= 15 is 0 Å². The molecule has 2 aliphatic rings. The number of nitrogens with zero attached hydrogens (tertiary/aromatic N) is 4. The van der Waals surface area contributed by atoms with Gasteiger partial charge in [-0.25, -0.2) is 4.98 Å². The summed E-state index contributed by atoms with van der Waals surface area (Å²) in [4.78, 5) is 20.8. The van der Waals surface area contributed by atoms with Gasteiger partial charge < -0.3 is 14.4 Å². The molecule has 158 valence electrons. The molecule has 0 radical (unpaired) electrons. The lowest BCUT2D eigenvalue weighted by molar-refractivity contribution is -0.142. The van der Waals surface area contributed by atoms with Crippen LogP contribution in [0.2, 0.25) is 0 Å². The smallest absolute Gasteiger partial charge is 0.319 e. The van der Waals surface area contributed by atoms with Gasteiger partial charge in [-0.3, -0.25) is 9.69 Å². The maximum Gasteiger partial charge on any atom is 0.319 e. The number of methoxy groups -OCH3 is 1. The van der Waals surface area contributed by atoms with E-state index in [1.54, 1.807) is 0 Å². The number of aromatic nitrogens is 1. The topological polar surface area (TPSA) is 78.7 Å². The number of carbonyl (C=O) groups is 1. The molecule has 0 N–H and O–H groups in total. The van der Waals surface area contributed by atoms with Crippen molar-refractivity contribution in [2.45, 2.75) is 58.7 Å². The number of fused-ring (bicyclic) bond motifs is 1. The van der Waals surface area contributed by atoms with Gasteiger partial charge in [0.2, 0.25) is 0 Å². The molecule has 0 amide bonds. The number of nitriles is 1. The zero-order valence-corrected chi connectivity index (χ0v) is 18.1.